The van der Waals surface area contributed by atoms with Gasteiger partial charge in [-0.1, -0.05) is 18.5 Å². The van der Waals surface area contributed by atoms with Crippen molar-refractivity contribution in [2.45, 2.75) is 37.4 Å². The Balaban J connectivity index is 2.23. The number of hydrogen-bond donors (Lipinski definition) is 1. The lowest BCUT2D eigenvalue weighted by atomic mass is 10.2. The number of aryl methyl sites for hydroxylation is 2. The van der Waals surface area contributed by atoms with Gasteiger partial charge in [0.25, 0.3) is 5.22 Å². The molecule has 1 aromatic carbocycles. The number of nitrogens with one attached hydrogen (secondary N) is 1. The molecule has 1 N–H and O–H groups in total. The van der Waals surface area contributed by atoms with Gasteiger partial charge in [-0.25, -0.2) is 4.98 Å². The third-order valence-corrected chi connectivity index (χ3v) is 4.00. The maximum atomic E-state index is 6.05. The molecule has 0 saturated heterocycles. The number of benzene rings is 1. The van der Waals surface area contributed by atoms with E-state index in [0.29, 0.717) is 5.22 Å². The van der Waals surface area contributed by atoms with Crippen molar-refractivity contribution >= 4 is 23.4 Å². The number of oxazole rings is 1. The summed E-state index contributed by atoms with van der Waals surface area (Å²) < 4.78 is 5.61. The molecule has 0 aliphatic rings. The molecule has 1 aromatic heterocycles. The highest BCUT2D eigenvalue weighted by Gasteiger charge is 2.11. The van der Waals surface area contributed by atoms with E-state index in [1.54, 1.807) is 0 Å². The Kier molecular flexibility index (Phi) is 4.91. The van der Waals surface area contributed by atoms with Crippen LogP contribution in [0.2, 0.25) is 5.02 Å². The lowest BCUT2D eigenvalue weighted by molar-refractivity contribution is 0.431. The van der Waals surface area contributed by atoms with Gasteiger partial charge in [0.15, 0.2) is 0 Å². The van der Waals surface area contributed by atoms with E-state index in [0.717, 1.165) is 40.0 Å². The van der Waals surface area contributed by atoms with Crippen LogP contribution in [0.5, 0.6) is 0 Å². The predicted molar refractivity (Wildman–Crippen MR) is 78.9 cm³/mol. The Labute approximate surface area is 122 Å². The summed E-state index contributed by atoms with van der Waals surface area (Å²) in [6, 6.07) is 5.88. The molecule has 0 saturated carbocycles. The van der Waals surface area contributed by atoms with Gasteiger partial charge < -0.3 is 9.73 Å². The highest BCUT2D eigenvalue weighted by Crippen LogP contribution is 2.32. The average molecular weight is 297 g/mol. The highest BCUT2D eigenvalue weighted by atomic mass is 35.5. The molecule has 0 aliphatic carbocycles. The molecule has 0 unspecified atom stereocenters. The van der Waals surface area contributed by atoms with Gasteiger partial charge in [0.1, 0.15) is 5.76 Å². The van der Waals surface area contributed by atoms with Crippen molar-refractivity contribution in [1.82, 2.24) is 10.3 Å². The lowest BCUT2D eigenvalue weighted by Crippen LogP contribution is -2.12. The minimum Gasteiger partial charge on any atom is -0.436 e. The summed E-state index contributed by atoms with van der Waals surface area (Å²) in [6.45, 7) is 7.67. The van der Waals surface area contributed by atoms with E-state index in [1.165, 1.54) is 11.8 Å². The third-order valence-electron chi connectivity index (χ3n) is 2.79. The summed E-state index contributed by atoms with van der Waals surface area (Å²) in [5.74, 6) is 0.865. The number of hydrogen-bond acceptors (Lipinski definition) is 4. The number of nitrogens with zero attached hydrogens (tertiary/aromatic N) is 1. The molecule has 0 amide bonds. The molecule has 0 bridgehead atoms. The van der Waals surface area contributed by atoms with Crippen LogP contribution in [0.4, 0.5) is 0 Å². The van der Waals surface area contributed by atoms with E-state index in [1.807, 2.05) is 32.0 Å². The van der Waals surface area contributed by atoms with Gasteiger partial charge in [-0.3, -0.25) is 0 Å². The van der Waals surface area contributed by atoms with E-state index >= 15 is 0 Å². The van der Waals surface area contributed by atoms with Crippen LogP contribution in [0.1, 0.15) is 23.9 Å². The van der Waals surface area contributed by atoms with Crippen LogP contribution < -0.4 is 5.32 Å². The number of aromatic nitrogens is 1. The summed E-state index contributed by atoms with van der Waals surface area (Å²) in [4.78, 5) is 5.51. The predicted octanol–water partition coefficient (Wildman–Crippen LogP) is 4.21. The van der Waals surface area contributed by atoms with Crippen molar-refractivity contribution in [3.05, 3.63) is 40.2 Å². The van der Waals surface area contributed by atoms with Gasteiger partial charge in [-0.15, -0.1) is 0 Å². The van der Waals surface area contributed by atoms with Gasteiger partial charge in [-0.05, 0) is 55.9 Å². The molecule has 0 atom stereocenters. The van der Waals surface area contributed by atoms with E-state index in [-0.39, 0.29) is 0 Å². The Morgan fingerprint density at radius 1 is 1.37 bits per heavy atom. The molecule has 0 fully saturated rings. The zero-order valence-corrected chi connectivity index (χ0v) is 12.9. The van der Waals surface area contributed by atoms with Crippen molar-refractivity contribution in [1.29, 1.82) is 0 Å². The summed E-state index contributed by atoms with van der Waals surface area (Å²) in [6.07, 6.45) is 0. The Bertz CT molecular complexity index is 549. The molecule has 5 heteroatoms. The van der Waals surface area contributed by atoms with Crippen molar-refractivity contribution in [3.63, 3.8) is 0 Å². The largest absolute Gasteiger partial charge is 0.436 e. The number of rotatable bonds is 5. The van der Waals surface area contributed by atoms with Crippen LogP contribution in [-0.4, -0.2) is 11.5 Å². The fourth-order valence-electron chi connectivity index (χ4n) is 1.63. The van der Waals surface area contributed by atoms with Gasteiger partial charge in [-0.2, -0.15) is 0 Å². The van der Waals surface area contributed by atoms with Crippen LogP contribution in [0.15, 0.2) is 32.7 Å². The summed E-state index contributed by atoms with van der Waals surface area (Å²) in [7, 11) is 0. The summed E-state index contributed by atoms with van der Waals surface area (Å²) in [5.41, 5.74) is 2.09. The minimum atomic E-state index is 0.676. The van der Waals surface area contributed by atoms with Crippen LogP contribution in [0.3, 0.4) is 0 Å². The first kappa shape index (κ1) is 14.4. The topological polar surface area (TPSA) is 38.1 Å². The molecule has 0 radical (unpaired) electrons. The minimum absolute atomic E-state index is 0.676. The Hall–Kier alpha value is -0.970. The SMILES string of the molecule is CCNCc1cc(Cl)ccc1Sc1nc(C)c(C)o1. The molecule has 2 aromatic rings. The smallest absolute Gasteiger partial charge is 0.261 e. The van der Waals surface area contributed by atoms with E-state index in [4.69, 9.17) is 16.0 Å². The summed E-state index contributed by atoms with van der Waals surface area (Å²) >= 11 is 7.58. The van der Waals surface area contributed by atoms with Crippen LogP contribution in [0.25, 0.3) is 0 Å². The molecule has 0 aliphatic heterocycles. The van der Waals surface area contributed by atoms with E-state index in [2.05, 4.69) is 17.2 Å². The second kappa shape index (κ2) is 6.46. The maximum absolute atomic E-state index is 6.05. The van der Waals surface area contributed by atoms with Gasteiger partial charge in [0, 0.05) is 16.5 Å². The van der Waals surface area contributed by atoms with Gasteiger partial charge in [0.2, 0.25) is 0 Å². The van der Waals surface area contributed by atoms with Crippen LogP contribution >= 0.6 is 23.4 Å². The lowest BCUT2D eigenvalue weighted by Gasteiger charge is -2.08. The molecule has 19 heavy (non-hydrogen) atoms. The fourth-order valence-corrected chi connectivity index (χ4v) is 2.76. The Morgan fingerprint density at radius 3 is 2.79 bits per heavy atom. The van der Waals surface area contributed by atoms with E-state index in [9.17, 15) is 0 Å². The first-order valence-corrected chi connectivity index (χ1v) is 7.40. The van der Waals surface area contributed by atoms with Crippen molar-refractivity contribution < 1.29 is 4.42 Å². The molecule has 102 valence electrons. The fraction of sp³-hybridized carbons (Fsp3) is 0.357. The van der Waals surface area contributed by atoms with Gasteiger partial charge >= 0.3 is 0 Å². The zero-order valence-electron chi connectivity index (χ0n) is 11.3. The normalized spacial score (nSPS) is 10.9. The average Bonchev–Trinajstić information content (AvgIpc) is 2.68. The van der Waals surface area contributed by atoms with Crippen LogP contribution in [-0.2, 0) is 6.54 Å². The molecule has 0 spiro atoms. The van der Waals surface area contributed by atoms with Crippen molar-refractivity contribution in [2.24, 2.45) is 0 Å². The first-order valence-electron chi connectivity index (χ1n) is 6.21. The molecular weight excluding hydrogens is 280 g/mol. The second-order valence-corrected chi connectivity index (χ2v) is 5.69. The first-order chi connectivity index (χ1) is 9.10. The molecule has 3 nitrogen and oxygen atoms in total. The zero-order chi connectivity index (χ0) is 13.8. The summed E-state index contributed by atoms with van der Waals surface area (Å²) in [5, 5.41) is 4.73. The van der Waals surface area contributed by atoms with Crippen molar-refractivity contribution in [2.75, 3.05) is 6.54 Å². The Morgan fingerprint density at radius 2 is 2.16 bits per heavy atom. The molecular formula is C14H17ClN2OS. The number of halogens is 1. The maximum Gasteiger partial charge on any atom is 0.261 e. The quantitative estimate of drug-likeness (QED) is 0.897. The monoisotopic (exact) mass is 296 g/mol. The second-order valence-electron chi connectivity index (χ2n) is 4.26. The molecule has 2 rings (SSSR count). The van der Waals surface area contributed by atoms with Gasteiger partial charge in [0.05, 0.1) is 5.69 Å². The third kappa shape index (κ3) is 3.75. The highest BCUT2D eigenvalue weighted by molar-refractivity contribution is 7.99. The van der Waals surface area contributed by atoms with E-state index < -0.39 is 0 Å². The molecule has 1 heterocycles. The van der Waals surface area contributed by atoms with Crippen LogP contribution in [0, 0.1) is 13.8 Å². The standard InChI is InChI=1S/C14H17ClN2OS/c1-4-16-8-11-7-12(15)5-6-13(11)19-14-17-9(2)10(3)18-14/h5-7,16H,4,8H2,1-3H3. The van der Waals surface area contributed by atoms with Crippen molar-refractivity contribution in [3.8, 4) is 0 Å².